The lowest BCUT2D eigenvalue weighted by Gasteiger charge is -2.19. The number of hydrogen-bond donors (Lipinski definition) is 6. The van der Waals surface area contributed by atoms with Crippen molar-refractivity contribution < 1.29 is 24.9 Å². The van der Waals surface area contributed by atoms with Gasteiger partial charge in [-0.25, -0.2) is 4.79 Å². The van der Waals surface area contributed by atoms with Gasteiger partial charge >= 0.3 is 6.09 Å². The number of aliphatic hydroxyl groups excluding tert-OH is 1. The highest BCUT2D eigenvalue weighted by atomic mass is 16.6. The number of fused-ring (bicyclic) bond motifs is 2. The number of aromatic nitrogens is 2. The van der Waals surface area contributed by atoms with Crippen LogP contribution in [-0.4, -0.2) is 49.4 Å². The summed E-state index contributed by atoms with van der Waals surface area (Å²) in [4.78, 5) is 26.4. The fourth-order valence-electron chi connectivity index (χ4n) is 4.91. The molecule has 0 aliphatic rings. The van der Waals surface area contributed by atoms with Crippen molar-refractivity contribution in [2.45, 2.75) is 39.9 Å². The van der Waals surface area contributed by atoms with Gasteiger partial charge in [-0.2, -0.15) is 0 Å². The van der Waals surface area contributed by atoms with Gasteiger partial charge in [0.25, 0.3) is 0 Å². The van der Waals surface area contributed by atoms with E-state index in [9.17, 15) is 15.0 Å². The number of nitrogens with one attached hydrogen (secondary N) is 3. The molecule has 1 amide bonds. The molecule has 10 heteroatoms. The summed E-state index contributed by atoms with van der Waals surface area (Å²) in [5.74, 6) is 0.194. The quantitative estimate of drug-likeness (QED) is 0.102. The van der Waals surface area contributed by atoms with Crippen molar-refractivity contribution in [1.82, 2.24) is 9.97 Å². The Kier molecular flexibility index (Phi) is 9.72. The van der Waals surface area contributed by atoms with Crippen LogP contribution in [-0.2, 0) is 11.3 Å². The maximum absolute atomic E-state index is 11.8. The number of aromatic hydroxyl groups is 2. The van der Waals surface area contributed by atoms with Gasteiger partial charge in [0.05, 0.1) is 29.1 Å². The Bertz CT molecular complexity index is 2070. The molecular formula is C37H37N5O5. The van der Waals surface area contributed by atoms with Crippen LogP contribution in [0.5, 0.6) is 11.8 Å². The van der Waals surface area contributed by atoms with Crippen LogP contribution in [0.15, 0.2) is 101 Å². The molecular weight excluding hydrogens is 594 g/mol. The van der Waals surface area contributed by atoms with Crippen molar-refractivity contribution in [3.05, 3.63) is 113 Å². The zero-order chi connectivity index (χ0) is 33.6. The number of carbonyl (C=O) groups excluding carboxylic acids is 1. The first-order valence-electron chi connectivity index (χ1n) is 15.0. The Balaban J connectivity index is 0.000000189. The number of benzene rings is 4. The SMILES string of the molecule is CC(C)(C)OC(=O)Nc1ccc(N=Cc2c(O)[nH]c3ccccc23)cc1.Cc1cccc2[nH]c(O)c(C=Nc3cccc(CO)c3)c12. The maximum Gasteiger partial charge on any atom is 0.412 e. The van der Waals surface area contributed by atoms with E-state index in [1.54, 1.807) is 36.7 Å². The van der Waals surface area contributed by atoms with Crippen molar-refractivity contribution in [2.75, 3.05) is 5.32 Å². The molecule has 4 aromatic carbocycles. The lowest BCUT2D eigenvalue weighted by molar-refractivity contribution is 0.0636. The number of H-pyrrole nitrogens is 2. The number of aryl methyl sites for hydroxylation is 1. The van der Waals surface area contributed by atoms with Gasteiger partial charge in [-0.15, -0.1) is 0 Å². The maximum atomic E-state index is 11.8. The highest BCUT2D eigenvalue weighted by molar-refractivity contribution is 6.04. The number of anilines is 1. The van der Waals surface area contributed by atoms with E-state index < -0.39 is 11.7 Å². The first-order chi connectivity index (χ1) is 22.5. The zero-order valence-electron chi connectivity index (χ0n) is 26.6. The summed E-state index contributed by atoms with van der Waals surface area (Å²) in [6.45, 7) is 7.42. The molecule has 2 aromatic heterocycles. The Hall–Kier alpha value is -5.87. The molecule has 0 fully saturated rings. The highest BCUT2D eigenvalue weighted by Gasteiger charge is 2.16. The van der Waals surface area contributed by atoms with Crippen LogP contribution in [0.3, 0.4) is 0 Å². The molecule has 0 unspecified atom stereocenters. The van der Waals surface area contributed by atoms with E-state index in [2.05, 4.69) is 25.3 Å². The van der Waals surface area contributed by atoms with Crippen LogP contribution < -0.4 is 5.32 Å². The van der Waals surface area contributed by atoms with E-state index in [4.69, 9.17) is 9.84 Å². The Morgan fingerprint density at radius 3 is 2.19 bits per heavy atom. The minimum Gasteiger partial charge on any atom is -0.494 e. The fraction of sp³-hybridized carbons (Fsp3) is 0.162. The topological polar surface area (TPSA) is 155 Å². The molecule has 0 atom stereocenters. The van der Waals surface area contributed by atoms with Gasteiger partial charge in [-0.1, -0.05) is 42.5 Å². The third-order valence-electron chi connectivity index (χ3n) is 7.07. The fourth-order valence-corrected chi connectivity index (χ4v) is 4.91. The van der Waals surface area contributed by atoms with E-state index >= 15 is 0 Å². The standard InChI is InChI=1S/C20H21N3O3.C17H16N2O2/c1-20(2,3)26-19(25)22-14-10-8-13(9-11-14)21-12-16-15-6-4-5-7-17(15)23-18(16)24;1-11-4-2-7-15-16(11)14(17(21)19-15)9-18-13-6-3-5-12(8-13)10-20/h4-12,23-24H,1-3H3,(H,22,25);2-9,19-21H,10H2,1H3. The summed E-state index contributed by atoms with van der Waals surface area (Å²) in [5, 5.41) is 33.8. The molecule has 0 aliphatic heterocycles. The molecule has 6 aromatic rings. The molecule has 240 valence electrons. The van der Waals surface area contributed by atoms with Crippen molar-refractivity contribution in [1.29, 1.82) is 0 Å². The average molecular weight is 632 g/mol. The summed E-state index contributed by atoms with van der Waals surface area (Å²) in [6.07, 6.45) is 2.76. The van der Waals surface area contributed by atoms with Crippen LogP contribution in [0, 0.1) is 6.92 Å². The second-order valence-corrected chi connectivity index (χ2v) is 11.8. The van der Waals surface area contributed by atoms with Crippen LogP contribution in [0.25, 0.3) is 21.8 Å². The summed E-state index contributed by atoms with van der Waals surface area (Å²) >= 11 is 0. The number of nitrogens with zero attached hydrogens (tertiary/aromatic N) is 2. The number of ether oxygens (including phenoxy) is 1. The van der Waals surface area contributed by atoms with Crippen molar-refractivity contribution in [2.24, 2.45) is 9.98 Å². The number of aliphatic imine (C=N–C) groups is 2. The highest BCUT2D eigenvalue weighted by Crippen LogP contribution is 2.29. The van der Waals surface area contributed by atoms with E-state index in [0.717, 1.165) is 38.6 Å². The zero-order valence-corrected chi connectivity index (χ0v) is 26.6. The van der Waals surface area contributed by atoms with Gasteiger partial charge < -0.3 is 30.0 Å². The number of para-hydroxylation sites is 1. The largest absolute Gasteiger partial charge is 0.494 e. The minimum absolute atomic E-state index is 0.0131. The second kappa shape index (κ2) is 14.1. The van der Waals surface area contributed by atoms with Gasteiger partial charge in [-0.3, -0.25) is 15.3 Å². The summed E-state index contributed by atoms with van der Waals surface area (Å²) in [5.41, 5.74) is 6.45. The van der Waals surface area contributed by atoms with Crippen LogP contribution in [0.1, 0.15) is 43.0 Å². The van der Waals surface area contributed by atoms with E-state index in [0.29, 0.717) is 22.5 Å². The molecule has 0 saturated carbocycles. The molecule has 2 heterocycles. The molecule has 0 spiro atoms. The number of aromatic amines is 2. The van der Waals surface area contributed by atoms with Crippen LogP contribution in [0.2, 0.25) is 0 Å². The minimum atomic E-state index is -0.546. The number of carbonyl (C=O) groups is 1. The second-order valence-electron chi connectivity index (χ2n) is 11.8. The van der Waals surface area contributed by atoms with Crippen molar-refractivity contribution in [3.8, 4) is 11.8 Å². The van der Waals surface area contributed by atoms with Gasteiger partial charge in [0.15, 0.2) is 11.8 Å². The first-order valence-corrected chi connectivity index (χ1v) is 15.0. The number of aliphatic hydroxyl groups is 1. The smallest absolute Gasteiger partial charge is 0.412 e. The molecule has 0 aliphatic carbocycles. The van der Waals surface area contributed by atoms with Gasteiger partial charge in [-0.05, 0) is 87.4 Å². The third kappa shape index (κ3) is 8.24. The van der Waals surface area contributed by atoms with Crippen LogP contribution in [0.4, 0.5) is 21.9 Å². The number of amides is 1. The summed E-state index contributed by atoms with van der Waals surface area (Å²) < 4.78 is 5.21. The van der Waals surface area contributed by atoms with Gasteiger partial charge in [0.1, 0.15) is 5.60 Å². The Morgan fingerprint density at radius 2 is 1.45 bits per heavy atom. The summed E-state index contributed by atoms with van der Waals surface area (Å²) in [6, 6.07) is 27.9. The first kappa shape index (κ1) is 32.5. The van der Waals surface area contributed by atoms with Crippen LogP contribution >= 0.6 is 0 Å². The normalized spacial score (nSPS) is 11.7. The number of hydrogen-bond acceptors (Lipinski definition) is 7. The average Bonchev–Trinajstić information content (AvgIpc) is 3.54. The van der Waals surface area contributed by atoms with E-state index in [1.807, 2.05) is 94.4 Å². The predicted molar refractivity (Wildman–Crippen MR) is 188 cm³/mol. The Labute approximate surface area is 272 Å². The summed E-state index contributed by atoms with van der Waals surface area (Å²) in [7, 11) is 0. The molecule has 47 heavy (non-hydrogen) atoms. The monoisotopic (exact) mass is 631 g/mol. The lowest BCUT2D eigenvalue weighted by Crippen LogP contribution is -2.27. The Morgan fingerprint density at radius 1 is 0.809 bits per heavy atom. The van der Waals surface area contributed by atoms with Gasteiger partial charge in [0, 0.05) is 39.9 Å². The van der Waals surface area contributed by atoms with E-state index in [-0.39, 0.29) is 18.4 Å². The van der Waals surface area contributed by atoms with E-state index in [1.165, 1.54) is 0 Å². The van der Waals surface area contributed by atoms with Gasteiger partial charge in [0.2, 0.25) is 0 Å². The molecule has 0 saturated heterocycles. The predicted octanol–water partition coefficient (Wildman–Crippen LogP) is 8.40. The molecule has 0 radical (unpaired) electrons. The molecule has 0 bridgehead atoms. The van der Waals surface area contributed by atoms with Crippen molar-refractivity contribution >= 4 is 57.4 Å². The van der Waals surface area contributed by atoms with Crippen molar-refractivity contribution in [3.63, 3.8) is 0 Å². The molecule has 6 N–H and O–H groups in total. The lowest BCUT2D eigenvalue weighted by atomic mass is 10.1. The molecule has 10 nitrogen and oxygen atoms in total. The molecule has 6 rings (SSSR count). The third-order valence-corrected chi connectivity index (χ3v) is 7.07. The number of rotatable bonds is 6.